The number of benzene rings is 1. The van der Waals surface area contributed by atoms with Crippen LogP contribution in [0.3, 0.4) is 0 Å². The zero-order chi connectivity index (χ0) is 20.5. The number of fused-ring (bicyclic) bond motifs is 1. The van der Waals surface area contributed by atoms with Crippen LogP contribution in [-0.2, 0) is 14.8 Å². The number of aryl methyl sites for hydroxylation is 1. The summed E-state index contributed by atoms with van der Waals surface area (Å²) < 4.78 is 29.4. The highest BCUT2D eigenvalue weighted by atomic mass is 32.2. The van der Waals surface area contributed by atoms with E-state index in [2.05, 4.69) is 20.0 Å². The molecule has 2 N–H and O–H groups in total. The summed E-state index contributed by atoms with van der Waals surface area (Å²) in [6.07, 6.45) is 4.99. The maximum Gasteiger partial charge on any atom is 0.247 e. The molecule has 0 bridgehead atoms. The monoisotopic (exact) mass is 430 g/mol. The Balaban J connectivity index is 1.69. The first kappa shape index (κ1) is 19.9. The average molecular weight is 431 g/mol. The van der Waals surface area contributed by atoms with Crippen molar-refractivity contribution in [3.05, 3.63) is 47.6 Å². The number of nitrogens with one attached hydrogen (secondary N) is 2. The van der Waals surface area contributed by atoms with Crippen LogP contribution in [0.5, 0.6) is 0 Å². The Morgan fingerprint density at radius 3 is 2.62 bits per heavy atom. The molecule has 1 aliphatic rings. The third-order valence-corrected chi connectivity index (χ3v) is 7.64. The average Bonchev–Trinajstić information content (AvgIpc) is 3.12. The Morgan fingerprint density at radius 2 is 1.90 bits per heavy atom. The summed E-state index contributed by atoms with van der Waals surface area (Å²) in [6, 6.07) is 8.60. The second-order valence-electron chi connectivity index (χ2n) is 7.33. The van der Waals surface area contributed by atoms with Gasteiger partial charge in [0.15, 0.2) is 5.13 Å². The fourth-order valence-electron chi connectivity index (χ4n) is 3.76. The number of aromatic nitrogens is 2. The quantitative estimate of drug-likeness (QED) is 0.644. The van der Waals surface area contributed by atoms with Crippen molar-refractivity contribution >= 4 is 43.3 Å². The van der Waals surface area contributed by atoms with Gasteiger partial charge in [-0.3, -0.25) is 9.78 Å². The fraction of sp³-hybridized carbons (Fsp3) is 0.350. The molecule has 7 nitrogen and oxygen atoms in total. The zero-order valence-corrected chi connectivity index (χ0v) is 17.6. The van der Waals surface area contributed by atoms with E-state index >= 15 is 0 Å². The van der Waals surface area contributed by atoms with Gasteiger partial charge in [0.2, 0.25) is 15.9 Å². The number of carbonyl (C=O) groups excluding carboxylic acids is 1. The summed E-state index contributed by atoms with van der Waals surface area (Å²) in [4.78, 5) is 21.8. The molecular formula is C20H22N4O3S2. The summed E-state index contributed by atoms with van der Waals surface area (Å²) in [6.45, 7) is 1.85. The SMILES string of the molecule is Cc1csc(NC(=O)C2(NS(=O)(=O)c3cccc4cccnc34)CCCCC2)n1. The lowest BCUT2D eigenvalue weighted by Gasteiger charge is -2.36. The van der Waals surface area contributed by atoms with E-state index in [0.717, 1.165) is 30.3 Å². The van der Waals surface area contributed by atoms with E-state index in [0.29, 0.717) is 23.5 Å². The standard InChI is InChI=1S/C20H22N4O3S2/c1-14-13-28-19(22-14)23-18(25)20(10-3-2-4-11-20)24-29(26,27)16-9-5-7-15-8-6-12-21-17(15)16/h5-9,12-13,24H,2-4,10-11H2,1H3,(H,22,23,25). The normalized spacial score (nSPS) is 16.6. The molecule has 1 saturated carbocycles. The number of carbonyl (C=O) groups is 1. The highest BCUT2D eigenvalue weighted by Gasteiger charge is 2.43. The van der Waals surface area contributed by atoms with Crippen LogP contribution in [0.4, 0.5) is 5.13 Å². The minimum absolute atomic E-state index is 0.0819. The van der Waals surface area contributed by atoms with Crippen LogP contribution >= 0.6 is 11.3 Å². The molecule has 1 aromatic carbocycles. The van der Waals surface area contributed by atoms with Crippen LogP contribution < -0.4 is 10.0 Å². The number of pyridine rings is 1. The molecule has 3 aromatic rings. The van der Waals surface area contributed by atoms with Gasteiger partial charge in [-0.2, -0.15) is 4.72 Å². The second-order valence-corrected chi connectivity index (χ2v) is 9.84. The minimum atomic E-state index is -3.97. The Hall–Kier alpha value is -2.36. The number of anilines is 1. The lowest BCUT2D eigenvalue weighted by Crippen LogP contribution is -2.57. The summed E-state index contributed by atoms with van der Waals surface area (Å²) >= 11 is 1.33. The van der Waals surface area contributed by atoms with Crippen molar-refractivity contribution in [2.75, 3.05) is 5.32 Å². The van der Waals surface area contributed by atoms with Gasteiger partial charge in [0.05, 0.1) is 11.2 Å². The number of thiazole rings is 1. The molecule has 0 radical (unpaired) electrons. The predicted octanol–water partition coefficient (Wildman–Crippen LogP) is 3.62. The highest BCUT2D eigenvalue weighted by molar-refractivity contribution is 7.89. The van der Waals surface area contributed by atoms with Gasteiger partial charge in [-0.25, -0.2) is 13.4 Å². The molecule has 0 aliphatic heterocycles. The topological polar surface area (TPSA) is 101 Å². The van der Waals surface area contributed by atoms with Gasteiger partial charge in [0.25, 0.3) is 0 Å². The summed E-state index contributed by atoms with van der Waals surface area (Å²) in [5.41, 5.74) is 0.00275. The molecule has 0 atom stereocenters. The van der Waals surface area contributed by atoms with Crippen LogP contribution in [0.2, 0.25) is 0 Å². The second kappa shape index (κ2) is 7.81. The van der Waals surface area contributed by atoms with Gasteiger partial charge in [-0.05, 0) is 31.9 Å². The van der Waals surface area contributed by atoms with E-state index in [1.54, 1.807) is 18.3 Å². The molecule has 0 spiro atoms. The molecule has 0 saturated heterocycles. The molecule has 4 rings (SSSR count). The van der Waals surface area contributed by atoms with Gasteiger partial charge in [-0.1, -0.05) is 37.5 Å². The van der Waals surface area contributed by atoms with Crippen molar-refractivity contribution in [2.45, 2.75) is 49.5 Å². The lowest BCUT2D eigenvalue weighted by molar-refractivity contribution is -0.122. The lowest BCUT2D eigenvalue weighted by atomic mass is 9.82. The van der Waals surface area contributed by atoms with E-state index in [1.807, 2.05) is 24.4 Å². The largest absolute Gasteiger partial charge is 0.300 e. The van der Waals surface area contributed by atoms with Gasteiger partial charge in [0, 0.05) is 17.0 Å². The number of sulfonamides is 1. The first-order valence-electron chi connectivity index (χ1n) is 9.51. The maximum atomic E-state index is 13.3. The maximum absolute atomic E-state index is 13.3. The van der Waals surface area contributed by atoms with Gasteiger partial charge in [0.1, 0.15) is 10.4 Å². The van der Waals surface area contributed by atoms with Crippen molar-refractivity contribution in [3.63, 3.8) is 0 Å². The first-order chi connectivity index (χ1) is 13.9. The van der Waals surface area contributed by atoms with Crippen LogP contribution in [0.25, 0.3) is 10.9 Å². The first-order valence-corrected chi connectivity index (χ1v) is 11.9. The molecule has 9 heteroatoms. The molecule has 152 valence electrons. The van der Waals surface area contributed by atoms with Crippen molar-refractivity contribution in [3.8, 4) is 0 Å². The number of hydrogen-bond acceptors (Lipinski definition) is 6. The van der Waals surface area contributed by atoms with Crippen molar-refractivity contribution in [2.24, 2.45) is 0 Å². The van der Waals surface area contributed by atoms with Gasteiger partial charge in [-0.15, -0.1) is 11.3 Å². The van der Waals surface area contributed by atoms with Crippen LogP contribution in [-0.4, -0.2) is 29.8 Å². The molecule has 29 heavy (non-hydrogen) atoms. The zero-order valence-electron chi connectivity index (χ0n) is 16.0. The summed E-state index contributed by atoms with van der Waals surface area (Å²) in [5.74, 6) is -0.358. The van der Waals surface area contributed by atoms with Crippen molar-refractivity contribution < 1.29 is 13.2 Å². The van der Waals surface area contributed by atoms with Crippen LogP contribution in [0.1, 0.15) is 37.8 Å². The Kier molecular flexibility index (Phi) is 5.37. The number of amides is 1. The highest BCUT2D eigenvalue weighted by Crippen LogP contribution is 2.32. The third kappa shape index (κ3) is 4.03. The number of rotatable bonds is 5. The van der Waals surface area contributed by atoms with E-state index in [4.69, 9.17) is 0 Å². The van der Waals surface area contributed by atoms with Gasteiger partial charge < -0.3 is 5.32 Å². The molecule has 2 aromatic heterocycles. The summed E-state index contributed by atoms with van der Waals surface area (Å²) in [7, 11) is -3.97. The molecule has 1 aliphatic carbocycles. The number of hydrogen-bond donors (Lipinski definition) is 2. The van der Waals surface area contributed by atoms with Crippen molar-refractivity contribution in [1.29, 1.82) is 0 Å². The van der Waals surface area contributed by atoms with E-state index in [-0.39, 0.29) is 10.8 Å². The smallest absolute Gasteiger partial charge is 0.247 e. The van der Waals surface area contributed by atoms with Crippen molar-refractivity contribution in [1.82, 2.24) is 14.7 Å². The number of nitrogens with zero attached hydrogens (tertiary/aromatic N) is 2. The molecule has 1 amide bonds. The molecular weight excluding hydrogens is 408 g/mol. The molecule has 2 heterocycles. The summed E-state index contributed by atoms with van der Waals surface area (Å²) in [5, 5.41) is 5.86. The molecule has 0 unspecified atom stereocenters. The number of para-hydroxylation sites is 1. The predicted molar refractivity (Wildman–Crippen MR) is 113 cm³/mol. The fourth-order valence-corrected chi connectivity index (χ4v) is 6.05. The Morgan fingerprint density at radius 1 is 1.14 bits per heavy atom. The third-order valence-electron chi connectivity index (χ3n) is 5.20. The van der Waals surface area contributed by atoms with E-state index in [1.165, 1.54) is 17.4 Å². The molecule has 1 fully saturated rings. The van der Waals surface area contributed by atoms with Crippen LogP contribution in [0.15, 0.2) is 46.8 Å². The van der Waals surface area contributed by atoms with Gasteiger partial charge >= 0.3 is 0 Å². The van der Waals surface area contributed by atoms with E-state index in [9.17, 15) is 13.2 Å². The Labute approximate surface area is 173 Å². The van der Waals surface area contributed by atoms with Crippen LogP contribution in [0, 0.1) is 6.92 Å². The Bertz CT molecular complexity index is 1150. The van der Waals surface area contributed by atoms with E-state index < -0.39 is 15.6 Å². The minimum Gasteiger partial charge on any atom is -0.300 e.